The first kappa shape index (κ1) is 17.9. The topological polar surface area (TPSA) is 75.6 Å². The molecule has 1 rings (SSSR count). The van der Waals surface area contributed by atoms with E-state index in [0.717, 1.165) is 12.1 Å². The third-order valence-corrected chi connectivity index (χ3v) is 2.67. The van der Waals surface area contributed by atoms with E-state index < -0.39 is 35.6 Å². The fourth-order valence-corrected chi connectivity index (χ4v) is 1.69. The van der Waals surface area contributed by atoms with Crippen LogP contribution in [0.5, 0.6) is 0 Å². The van der Waals surface area contributed by atoms with Crippen molar-refractivity contribution in [2.75, 3.05) is 5.32 Å². The molecule has 0 fully saturated rings. The average molecular weight is 315 g/mol. The molecular weight excluding hydrogens is 296 g/mol. The third kappa shape index (κ3) is 5.31. The molecule has 0 atom stereocenters. The van der Waals surface area contributed by atoms with Gasteiger partial charge < -0.3 is 9.84 Å². The predicted octanol–water partition coefficient (Wildman–Crippen LogP) is 3.91. The highest BCUT2D eigenvalue weighted by Crippen LogP contribution is 2.34. The van der Waals surface area contributed by atoms with Crippen molar-refractivity contribution in [3.8, 4) is 0 Å². The van der Waals surface area contributed by atoms with Crippen molar-refractivity contribution in [1.82, 2.24) is 0 Å². The highest BCUT2D eigenvalue weighted by atomic mass is 19.3. The van der Waals surface area contributed by atoms with Gasteiger partial charge in [0, 0.05) is 11.3 Å². The minimum absolute atomic E-state index is 0.150. The van der Waals surface area contributed by atoms with Crippen LogP contribution < -0.4 is 5.32 Å². The number of benzene rings is 1. The lowest BCUT2D eigenvalue weighted by Crippen LogP contribution is -2.27. The first-order chi connectivity index (χ1) is 9.90. The smallest absolute Gasteiger partial charge is 0.412 e. The normalized spacial score (nSPS) is 11.9. The Labute approximate surface area is 127 Å². The van der Waals surface area contributed by atoms with Crippen LogP contribution in [0, 0.1) is 6.92 Å². The number of alkyl halides is 2. The van der Waals surface area contributed by atoms with E-state index in [0.29, 0.717) is 5.56 Å². The highest BCUT2D eigenvalue weighted by Gasteiger charge is 2.35. The van der Waals surface area contributed by atoms with E-state index in [1.54, 1.807) is 27.7 Å². The number of nitrogens with one attached hydrogen (secondary N) is 1. The van der Waals surface area contributed by atoms with Crippen molar-refractivity contribution >= 4 is 17.7 Å². The Kier molecular flexibility index (Phi) is 5.11. The van der Waals surface area contributed by atoms with Gasteiger partial charge in [-0.3, -0.25) is 10.1 Å². The van der Waals surface area contributed by atoms with E-state index in [-0.39, 0.29) is 5.69 Å². The van der Waals surface area contributed by atoms with Crippen molar-refractivity contribution in [2.24, 2.45) is 0 Å². The number of amides is 1. The predicted molar refractivity (Wildman–Crippen MR) is 77.2 cm³/mol. The summed E-state index contributed by atoms with van der Waals surface area (Å²) in [4.78, 5) is 22.2. The number of halogens is 2. The summed E-state index contributed by atoms with van der Waals surface area (Å²) in [5.74, 6) is -5.13. The Morgan fingerprint density at radius 1 is 1.27 bits per heavy atom. The zero-order valence-electron chi connectivity index (χ0n) is 12.9. The molecule has 1 aromatic carbocycles. The molecule has 122 valence electrons. The summed E-state index contributed by atoms with van der Waals surface area (Å²) in [6, 6.07) is 3.58. The van der Waals surface area contributed by atoms with Crippen LogP contribution in [0.3, 0.4) is 0 Å². The molecule has 7 heteroatoms. The van der Waals surface area contributed by atoms with E-state index >= 15 is 0 Å². The van der Waals surface area contributed by atoms with Gasteiger partial charge in [-0.25, -0.2) is 13.6 Å². The van der Waals surface area contributed by atoms with Crippen molar-refractivity contribution in [3.63, 3.8) is 0 Å². The summed E-state index contributed by atoms with van der Waals surface area (Å²) in [6.45, 7) is 6.66. The SMILES string of the molecule is Cc1ccc(C(F)(F)CC(=O)O)cc1NC(=O)OC(C)(C)C. The van der Waals surface area contributed by atoms with Gasteiger partial charge in [-0.1, -0.05) is 12.1 Å². The maximum absolute atomic E-state index is 13.8. The molecule has 2 N–H and O–H groups in total. The monoisotopic (exact) mass is 315 g/mol. The molecular formula is C15H19F2NO4. The van der Waals surface area contributed by atoms with Crippen LogP contribution in [0.25, 0.3) is 0 Å². The summed E-state index contributed by atoms with van der Waals surface area (Å²) in [5.41, 5.74) is -0.493. The van der Waals surface area contributed by atoms with Gasteiger partial charge in [0.2, 0.25) is 0 Å². The third-order valence-electron chi connectivity index (χ3n) is 2.67. The highest BCUT2D eigenvalue weighted by molar-refractivity contribution is 5.86. The first-order valence-corrected chi connectivity index (χ1v) is 6.61. The molecule has 0 radical (unpaired) electrons. The maximum Gasteiger partial charge on any atom is 0.412 e. The van der Waals surface area contributed by atoms with E-state index in [2.05, 4.69) is 5.32 Å². The number of aryl methyl sites for hydroxylation is 1. The van der Waals surface area contributed by atoms with Crippen LogP contribution in [-0.2, 0) is 15.5 Å². The molecule has 0 unspecified atom stereocenters. The molecule has 0 saturated carbocycles. The quantitative estimate of drug-likeness (QED) is 0.883. The summed E-state index contributed by atoms with van der Waals surface area (Å²) in [6.07, 6.45) is -2.09. The maximum atomic E-state index is 13.8. The van der Waals surface area contributed by atoms with Gasteiger partial charge in [-0.05, 0) is 39.3 Å². The molecule has 0 heterocycles. The molecule has 0 aromatic heterocycles. The van der Waals surface area contributed by atoms with Crippen molar-refractivity contribution in [2.45, 2.75) is 45.6 Å². The van der Waals surface area contributed by atoms with Crippen LogP contribution in [0.4, 0.5) is 19.3 Å². The van der Waals surface area contributed by atoms with Crippen LogP contribution in [-0.4, -0.2) is 22.8 Å². The summed E-state index contributed by atoms with van der Waals surface area (Å²) < 4.78 is 32.7. The number of aliphatic carboxylic acids is 1. The Morgan fingerprint density at radius 2 is 1.86 bits per heavy atom. The van der Waals surface area contributed by atoms with Crippen LogP contribution in [0.15, 0.2) is 18.2 Å². The zero-order valence-corrected chi connectivity index (χ0v) is 12.9. The molecule has 1 amide bonds. The van der Waals surface area contributed by atoms with Crippen molar-refractivity contribution in [1.29, 1.82) is 0 Å². The minimum Gasteiger partial charge on any atom is -0.481 e. The standard InChI is InChI=1S/C15H19F2NO4/c1-9-5-6-10(15(16,17)8-12(19)20)7-11(9)18-13(21)22-14(2,3)4/h5-7H,8H2,1-4H3,(H,18,21)(H,19,20). The molecule has 1 aromatic rings. The molecule has 5 nitrogen and oxygen atoms in total. The molecule has 0 bridgehead atoms. The number of ether oxygens (including phenoxy) is 1. The van der Waals surface area contributed by atoms with Crippen LogP contribution in [0.2, 0.25) is 0 Å². The molecule has 0 aliphatic rings. The van der Waals surface area contributed by atoms with Gasteiger partial charge in [-0.15, -0.1) is 0 Å². The zero-order chi connectivity index (χ0) is 17.1. The van der Waals surface area contributed by atoms with Crippen molar-refractivity contribution in [3.05, 3.63) is 29.3 Å². The lowest BCUT2D eigenvalue weighted by molar-refractivity contribution is -0.145. The number of anilines is 1. The lowest BCUT2D eigenvalue weighted by atomic mass is 10.0. The van der Waals surface area contributed by atoms with Crippen molar-refractivity contribution < 1.29 is 28.2 Å². The second-order valence-electron chi connectivity index (χ2n) is 5.93. The largest absolute Gasteiger partial charge is 0.481 e. The van der Waals surface area contributed by atoms with Gasteiger partial charge in [-0.2, -0.15) is 0 Å². The molecule has 0 aliphatic heterocycles. The van der Waals surface area contributed by atoms with E-state index in [1.807, 2.05) is 0 Å². The molecule has 0 saturated heterocycles. The number of hydrogen-bond acceptors (Lipinski definition) is 3. The second-order valence-corrected chi connectivity index (χ2v) is 5.93. The van der Waals surface area contributed by atoms with Crippen LogP contribution in [0.1, 0.15) is 38.3 Å². The number of carbonyl (C=O) groups excluding carboxylic acids is 1. The second kappa shape index (κ2) is 6.29. The fourth-order valence-electron chi connectivity index (χ4n) is 1.69. The van der Waals surface area contributed by atoms with Crippen LogP contribution >= 0.6 is 0 Å². The summed E-state index contributed by atoms with van der Waals surface area (Å²) in [5, 5.41) is 10.9. The minimum atomic E-state index is -3.52. The number of carbonyl (C=O) groups is 2. The Hall–Kier alpha value is -2.18. The van der Waals surface area contributed by atoms with Gasteiger partial charge in [0.05, 0.1) is 0 Å². The molecule has 0 aliphatic carbocycles. The van der Waals surface area contributed by atoms with Gasteiger partial charge in [0.15, 0.2) is 0 Å². The number of carboxylic acid groups (broad SMARTS) is 1. The Bertz CT molecular complexity index is 579. The number of carboxylic acids is 1. The van der Waals surface area contributed by atoms with Gasteiger partial charge >= 0.3 is 12.1 Å². The summed E-state index contributed by atoms with van der Waals surface area (Å²) in [7, 11) is 0. The number of hydrogen-bond donors (Lipinski definition) is 2. The average Bonchev–Trinajstić information content (AvgIpc) is 2.27. The summed E-state index contributed by atoms with van der Waals surface area (Å²) >= 11 is 0. The molecule has 0 spiro atoms. The van der Waals surface area contributed by atoms with E-state index in [4.69, 9.17) is 9.84 Å². The lowest BCUT2D eigenvalue weighted by Gasteiger charge is -2.21. The van der Waals surface area contributed by atoms with E-state index in [9.17, 15) is 18.4 Å². The fraction of sp³-hybridized carbons (Fsp3) is 0.467. The Morgan fingerprint density at radius 3 is 2.36 bits per heavy atom. The van der Waals surface area contributed by atoms with E-state index in [1.165, 1.54) is 6.07 Å². The first-order valence-electron chi connectivity index (χ1n) is 6.61. The van der Waals surface area contributed by atoms with Gasteiger partial charge in [0.1, 0.15) is 12.0 Å². The Balaban J connectivity index is 3.00. The number of rotatable bonds is 4. The molecule has 22 heavy (non-hydrogen) atoms. The van der Waals surface area contributed by atoms with Gasteiger partial charge in [0.25, 0.3) is 5.92 Å².